The summed E-state index contributed by atoms with van der Waals surface area (Å²) in [5.41, 5.74) is 5.82. The Kier molecular flexibility index (Phi) is 8.39. The van der Waals surface area contributed by atoms with Crippen molar-refractivity contribution >= 4 is 19.6 Å². The average Bonchev–Trinajstić information content (AvgIpc) is 2.37. The van der Waals surface area contributed by atoms with E-state index in [9.17, 15) is 9.90 Å². The number of nitrogens with two attached hydrogens (primary N) is 1. The maximum Gasteiger partial charge on any atom is 0.410 e. The molecule has 0 bridgehead atoms. The van der Waals surface area contributed by atoms with E-state index in [1.165, 1.54) is 4.90 Å². The molecule has 3 N–H and O–H groups in total. The second-order valence-electron chi connectivity index (χ2n) is 5.74. The van der Waals surface area contributed by atoms with Crippen LogP contribution < -0.4 is 5.73 Å². The Bertz CT molecular complexity index is 421. The molecule has 0 radical (unpaired) electrons. The number of rotatable bonds is 5. The smallest absolute Gasteiger partial charge is 0.410 e. The highest BCUT2D eigenvalue weighted by Gasteiger charge is 2.23. The van der Waals surface area contributed by atoms with Gasteiger partial charge in [0.15, 0.2) is 0 Å². The molecular formula is C15H26N2O3S. The standard InChI is InChI=1S/C15H24N2O3.H2S/c1-15(2,3)20-14(19)17(11-13(18)9-16)10-12-7-5-4-6-8-12;/h4-8,13,18H,9-11,16H2,1-3H3;1H2/t13-;/m0./s1. The third-order valence-corrected chi connectivity index (χ3v) is 2.57. The third kappa shape index (κ3) is 7.94. The second-order valence-corrected chi connectivity index (χ2v) is 5.74. The molecule has 21 heavy (non-hydrogen) atoms. The fraction of sp³-hybridized carbons (Fsp3) is 0.533. The first-order chi connectivity index (χ1) is 9.31. The van der Waals surface area contributed by atoms with Gasteiger partial charge in [0.1, 0.15) is 5.60 Å². The number of amides is 1. The summed E-state index contributed by atoms with van der Waals surface area (Å²) in [4.78, 5) is 13.6. The molecule has 0 spiro atoms. The lowest BCUT2D eigenvalue weighted by atomic mass is 10.2. The van der Waals surface area contributed by atoms with Gasteiger partial charge in [-0.3, -0.25) is 0 Å². The predicted octanol–water partition coefficient (Wildman–Crippen LogP) is 1.86. The lowest BCUT2D eigenvalue weighted by molar-refractivity contribution is 0.0135. The van der Waals surface area contributed by atoms with E-state index in [-0.39, 0.29) is 26.6 Å². The van der Waals surface area contributed by atoms with Crippen LogP contribution in [0.2, 0.25) is 0 Å². The zero-order valence-electron chi connectivity index (χ0n) is 12.9. The van der Waals surface area contributed by atoms with Gasteiger partial charge in [0, 0.05) is 13.1 Å². The van der Waals surface area contributed by atoms with Crippen molar-refractivity contribution < 1.29 is 14.6 Å². The van der Waals surface area contributed by atoms with E-state index >= 15 is 0 Å². The molecule has 0 heterocycles. The first-order valence-corrected chi connectivity index (χ1v) is 6.72. The normalized spacial score (nSPS) is 12.2. The van der Waals surface area contributed by atoms with Crippen molar-refractivity contribution in [2.45, 2.75) is 39.0 Å². The molecule has 0 fully saturated rings. The summed E-state index contributed by atoms with van der Waals surface area (Å²) in [7, 11) is 0. The Morgan fingerprint density at radius 3 is 2.38 bits per heavy atom. The molecule has 0 aromatic heterocycles. The average molecular weight is 314 g/mol. The number of nitrogens with zero attached hydrogens (tertiary/aromatic N) is 1. The van der Waals surface area contributed by atoms with Crippen LogP contribution >= 0.6 is 13.5 Å². The van der Waals surface area contributed by atoms with Gasteiger partial charge < -0.3 is 20.5 Å². The molecule has 5 nitrogen and oxygen atoms in total. The van der Waals surface area contributed by atoms with E-state index in [2.05, 4.69) is 0 Å². The van der Waals surface area contributed by atoms with Crippen LogP contribution in [0.5, 0.6) is 0 Å². The van der Waals surface area contributed by atoms with Gasteiger partial charge in [-0.2, -0.15) is 13.5 Å². The summed E-state index contributed by atoms with van der Waals surface area (Å²) in [5.74, 6) is 0. The fourth-order valence-electron chi connectivity index (χ4n) is 1.66. The predicted molar refractivity (Wildman–Crippen MR) is 88.5 cm³/mol. The first-order valence-electron chi connectivity index (χ1n) is 6.72. The molecule has 6 heteroatoms. The minimum absolute atomic E-state index is 0. The summed E-state index contributed by atoms with van der Waals surface area (Å²) in [6.07, 6.45) is -1.21. The van der Waals surface area contributed by atoms with Crippen LogP contribution in [0.1, 0.15) is 26.3 Å². The van der Waals surface area contributed by atoms with Gasteiger partial charge in [0.25, 0.3) is 0 Å². The van der Waals surface area contributed by atoms with Crippen LogP contribution in [0, 0.1) is 0 Å². The SMILES string of the molecule is CC(C)(C)OC(=O)N(Cc1ccccc1)C[C@@H](O)CN.S. The molecule has 0 aliphatic carbocycles. The summed E-state index contributed by atoms with van der Waals surface area (Å²) in [6.45, 7) is 6.07. The van der Waals surface area contributed by atoms with Crippen molar-refractivity contribution in [3.63, 3.8) is 0 Å². The topological polar surface area (TPSA) is 75.8 Å². The highest BCUT2D eigenvalue weighted by Crippen LogP contribution is 2.13. The Morgan fingerprint density at radius 1 is 1.33 bits per heavy atom. The van der Waals surface area contributed by atoms with Crippen molar-refractivity contribution in [1.29, 1.82) is 0 Å². The van der Waals surface area contributed by atoms with Crippen molar-refractivity contribution in [1.82, 2.24) is 4.90 Å². The minimum Gasteiger partial charge on any atom is -0.444 e. The molecule has 1 aromatic carbocycles. The molecule has 1 aromatic rings. The van der Waals surface area contributed by atoms with Crippen molar-refractivity contribution in [3.05, 3.63) is 35.9 Å². The van der Waals surface area contributed by atoms with Crippen LogP contribution in [0.3, 0.4) is 0 Å². The highest BCUT2D eigenvalue weighted by atomic mass is 32.1. The zero-order chi connectivity index (χ0) is 15.2. The Labute approximate surface area is 133 Å². The van der Waals surface area contributed by atoms with Crippen molar-refractivity contribution in [2.24, 2.45) is 5.73 Å². The fourth-order valence-corrected chi connectivity index (χ4v) is 1.66. The Hall–Kier alpha value is -1.24. The molecule has 0 aliphatic rings. The number of benzene rings is 1. The van der Waals surface area contributed by atoms with Gasteiger partial charge >= 0.3 is 6.09 Å². The largest absolute Gasteiger partial charge is 0.444 e. The van der Waals surface area contributed by atoms with Gasteiger partial charge in [-0.05, 0) is 26.3 Å². The number of hydrogen-bond acceptors (Lipinski definition) is 4. The van der Waals surface area contributed by atoms with E-state index in [1.807, 2.05) is 51.1 Å². The summed E-state index contributed by atoms with van der Waals surface area (Å²) in [5, 5.41) is 9.68. The number of hydrogen-bond donors (Lipinski definition) is 2. The molecule has 120 valence electrons. The molecule has 0 saturated carbocycles. The number of carbonyl (C=O) groups excluding carboxylic acids is 1. The van der Waals surface area contributed by atoms with Crippen molar-refractivity contribution in [3.8, 4) is 0 Å². The molecule has 0 unspecified atom stereocenters. The number of aliphatic hydroxyl groups is 1. The van der Waals surface area contributed by atoms with Gasteiger partial charge in [-0.15, -0.1) is 0 Å². The minimum atomic E-state index is -0.758. The molecular weight excluding hydrogens is 288 g/mol. The van der Waals surface area contributed by atoms with Gasteiger partial charge in [-0.1, -0.05) is 30.3 Å². The second kappa shape index (κ2) is 8.92. The zero-order valence-corrected chi connectivity index (χ0v) is 13.9. The van der Waals surface area contributed by atoms with Gasteiger partial charge in [0.05, 0.1) is 12.6 Å². The third-order valence-electron chi connectivity index (χ3n) is 2.57. The summed E-state index contributed by atoms with van der Waals surface area (Å²) in [6, 6.07) is 9.57. The molecule has 0 saturated heterocycles. The van der Waals surface area contributed by atoms with Crippen LogP contribution in [-0.4, -0.2) is 40.9 Å². The van der Waals surface area contributed by atoms with Crippen LogP contribution in [0.15, 0.2) is 30.3 Å². The van der Waals surface area contributed by atoms with Crippen LogP contribution in [0.4, 0.5) is 4.79 Å². The molecule has 1 amide bonds. The van der Waals surface area contributed by atoms with E-state index in [0.717, 1.165) is 5.56 Å². The monoisotopic (exact) mass is 314 g/mol. The van der Waals surface area contributed by atoms with E-state index < -0.39 is 17.8 Å². The summed E-state index contributed by atoms with van der Waals surface area (Å²) >= 11 is 0. The molecule has 0 aliphatic heterocycles. The highest BCUT2D eigenvalue weighted by molar-refractivity contribution is 7.59. The number of carbonyl (C=O) groups is 1. The van der Waals surface area contributed by atoms with E-state index in [4.69, 9.17) is 10.5 Å². The Balaban J connectivity index is 0.00000400. The maximum atomic E-state index is 12.2. The molecule has 1 atom stereocenters. The molecule has 1 rings (SSSR count). The quantitative estimate of drug-likeness (QED) is 0.870. The van der Waals surface area contributed by atoms with E-state index in [1.54, 1.807) is 0 Å². The van der Waals surface area contributed by atoms with Gasteiger partial charge in [-0.25, -0.2) is 4.79 Å². The number of aliphatic hydroxyl groups excluding tert-OH is 1. The number of ether oxygens (including phenoxy) is 1. The first kappa shape index (κ1) is 19.8. The van der Waals surface area contributed by atoms with Crippen LogP contribution in [0.25, 0.3) is 0 Å². The Morgan fingerprint density at radius 2 is 1.90 bits per heavy atom. The van der Waals surface area contributed by atoms with Gasteiger partial charge in [0.2, 0.25) is 0 Å². The van der Waals surface area contributed by atoms with Crippen molar-refractivity contribution in [2.75, 3.05) is 13.1 Å². The maximum absolute atomic E-state index is 12.2. The van der Waals surface area contributed by atoms with Crippen LogP contribution in [-0.2, 0) is 11.3 Å². The lowest BCUT2D eigenvalue weighted by Gasteiger charge is -2.28. The van der Waals surface area contributed by atoms with E-state index in [0.29, 0.717) is 6.54 Å². The lowest BCUT2D eigenvalue weighted by Crippen LogP contribution is -2.42. The summed E-state index contributed by atoms with van der Waals surface area (Å²) < 4.78 is 5.35.